The van der Waals surface area contributed by atoms with Crippen molar-refractivity contribution in [3.05, 3.63) is 30.3 Å². The predicted octanol–water partition coefficient (Wildman–Crippen LogP) is 1.89. The summed E-state index contributed by atoms with van der Waals surface area (Å²) in [7, 11) is 0. The maximum atomic E-state index is 12.7. The number of benzene rings is 1. The average molecular weight is 393 g/mol. The summed E-state index contributed by atoms with van der Waals surface area (Å²) in [6.45, 7) is 2.40. The lowest BCUT2D eigenvalue weighted by atomic mass is 9.99. The van der Waals surface area contributed by atoms with Crippen molar-refractivity contribution in [2.24, 2.45) is 11.7 Å². The molecule has 1 rings (SSSR count). The number of unbranched alkanes of at least 4 members (excludes halogenated alkanes) is 2. The van der Waals surface area contributed by atoms with Gasteiger partial charge in [-0.3, -0.25) is 19.6 Å². The van der Waals surface area contributed by atoms with E-state index in [0.29, 0.717) is 36.6 Å². The maximum Gasteiger partial charge on any atom is 0.246 e. The number of hydrogen-bond donors (Lipinski definition) is 4. The standard InChI is InChI=1S/C20H32N4O4/c1-2-3-9-16(14-24(28)15-25)19(26)23-18(12-7-8-13-21)20(27)22-17-10-5-4-6-11-17/h4-6,10-11,15-16,18,28H,2-3,7-9,12-14,21H2,1H3,(H,22,27)(H,23,26)/t16-,18?/m1/s1. The minimum Gasteiger partial charge on any atom is -0.344 e. The molecule has 0 bridgehead atoms. The van der Waals surface area contributed by atoms with Gasteiger partial charge in [0, 0.05) is 5.69 Å². The van der Waals surface area contributed by atoms with E-state index in [1.54, 1.807) is 12.1 Å². The molecule has 1 aromatic carbocycles. The molecule has 0 aliphatic carbocycles. The zero-order valence-electron chi connectivity index (χ0n) is 16.5. The summed E-state index contributed by atoms with van der Waals surface area (Å²) >= 11 is 0. The smallest absolute Gasteiger partial charge is 0.246 e. The molecule has 0 fully saturated rings. The number of amides is 3. The Morgan fingerprint density at radius 3 is 2.46 bits per heavy atom. The Balaban J connectivity index is 2.81. The molecular formula is C20H32N4O4. The lowest BCUT2D eigenvalue weighted by Gasteiger charge is -2.23. The fourth-order valence-electron chi connectivity index (χ4n) is 2.83. The van der Waals surface area contributed by atoms with Crippen LogP contribution < -0.4 is 16.4 Å². The summed E-state index contributed by atoms with van der Waals surface area (Å²) in [6.07, 6.45) is 4.35. The lowest BCUT2D eigenvalue weighted by molar-refractivity contribution is -0.155. The van der Waals surface area contributed by atoms with Gasteiger partial charge in [-0.1, -0.05) is 38.0 Å². The van der Waals surface area contributed by atoms with Crippen LogP contribution in [-0.2, 0) is 14.4 Å². The number of anilines is 1. The molecule has 5 N–H and O–H groups in total. The van der Waals surface area contributed by atoms with E-state index in [4.69, 9.17) is 5.73 Å². The zero-order chi connectivity index (χ0) is 20.8. The summed E-state index contributed by atoms with van der Waals surface area (Å²) in [5, 5.41) is 15.5. The van der Waals surface area contributed by atoms with Crippen molar-refractivity contribution in [2.75, 3.05) is 18.4 Å². The van der Waals surface area contributed by atoms with Gasteiger partial charge in [-0.05, 0) is 44.4 Å². The molecule has 0 aromatic heterocycles. The molecule has 0 saturated heterocycles. The molecule has 8 heteroatoms. The van der Waals surface area contributed by atoms with Gasteiger partial charge in [0.15, 0.2) is 0 Å². The van der Waals surface area contributed by atoms with E-state index in [0.717, 1.165) is 19.3 Å². The number of para-hydroxylation sites is 1. The van der Waals surface area contributed by atoms with Crippen molar-refractivity contribution >= 4 is 23.9 Å². The first-order valence-electron chi connectivity index (χ1n) is 9.79. The van der Waals surface area contributed by atoms with Crippen molar-refractivity contribution in [1.82, 2.24) is 10.4 Å². The summed E-state index contributed by atoms with van der Waals surface area (Å²) < 4.78 is 0. The van der Waals surface area contributed by atoms with Gasteiger partial charge in [0.1, 0.15) is 6.04 Å². The molecule has 28 heavy (non-hydrogen) atoms. The van der Waals surface area contributed by atoms with Gasteiger partial charge in [-0.2, -0.15) is 0 Å². The molecule has 2 atom stereocenters. The Labute approximate surface area is 166 Å². The molecule has 1 unspecified atom stereocenters. The molecule has 0 aliphatic rings. The number of nitrogens with one attached hydrogen (secondary N) is 2. The molecule has 0 aliphatic heterocycles. The molecule has 0 radical (unpaired) electrons. The normalized spacial score (nSPS) is 12.7. The number of nitrogens with zero attached hydrogens (tertiary/aromatic N) is 1. The Bertz CT molecular complexity index is 597. The SMILES string of the molecule is CCCC[C@H](CN(O)C=O)C(=O)NC(CCCCN)C(=O)Nc1ccccc1. The average Bonchev–Trinajstić information content (AvgIpc) is 2.70. The maximum absolute atomic E-state index is 12.7. The number of rotatable bonds is 14. The van der Waals surface area contributed by atoms with Crippen molar-refractivity contribution in [3.63, 3.8) is 0 Å². The largest absolute Gasteiger partial charge is 0.344 e. The van der Waals surface area contributed by atoms with Crippen LogP contribution >= 0.6 is 0 Å². The van der Waals surface area contributed by atoms with Crippen molar-refractivity contribution < 1.29 is 19.6 Å². The summed E-state index contributed by atoms with van der Waals surface area (Å²) in [5.41, 5.74) is 6.18. The van der Waals surface area contributed by atoms with Crippen LogP contribution in [0.25, 0.3) is 0 Å². The van der Waals surface area contributed by atoms with Crippen LogP contribution in [0, 0.1) is 5.92 Å². The van der Waals surface area contributed by atoms with Crippen LogP contribution in [0.4, 0.5) is 5.69 Å². The molecule has 156 valence electrons. The van der Waals surface area contributed by atoms with Crippen LogP contribution in [0.15, 0.2) is 30.3 Å². The summed E-state index contributed by atoms with van der Waals surface area (Å²) in [4.78, 5) is 36.1. The molecule has 0 heterocycles. The molecular weight excluding hydrogens is 360 g/mol. The van der Waals surface area contributed by atoms with Crippen LogP contribution in [0.5, 0.6) is 0 Å². The van der Waals surface area contributed by atoms with E-state index in [1.165, 1.54) is 0 Å². The van der Waals surface area contributed by atoms with E-state index in [2.05, 4.69) is 10.6 Å². The van der Waals surface area contributed by atoms with E-state index < -0.39 is 12.0 Å². The number of carbonyl (C=O) groups is 3. The molecule has 8 nitrogen and oxygen atoms in total. The first-order valence-corrected chi connectivity index (χ1v) is 9.79. The third kappa shape index (κ3) is 8.96. The topological polar surface area (TPSA) is 125 Å². The molecule has 3 amide bonds. The highest BCUT2D eigenvalue weighted by Crippen LogP contribution is 2.13. The van der Waals surface area contributed by atoms with Gasteiger partial charge < -0.3 is 16.4 Å². The van der Waals surface area contributed by atoms with Gasteiger partial charge in [-0.15, -0.1) is 0 Å². The minimum absolute atomic E-state index is 0.106. The van der Waals surface area contributed by atoms with E-state index in [-0.39, 0.29) is 24.8 Å². The first-order chi connectivity index (χ1) is 13.5. The van der Waals surface area contributed by atoms with Crippen molar-refractivity contribution in [1.29, 1.82) is 0 Å². The predicted molar refractivity (Wildman–Crippen MR) is 107 cm³/mol. The van der Waals surface area contributed by atoms with Crippen molar-refractivity contribution in [2.45, 2.75) is 51.5 Å². The quantitative estimate of drug-likeness (QED) is 0.167. The summed E-state index contributed by atoms with van der Waals surface area (Å²) in [6, 6.07) is 8.30. The Hall–Kier alpha value is -2.45. The van der Waals surface area contributed by atoms with Gasteiger partial charge in [0.25, 0.3) is 0 Å². The third-order valence-electron chi connectivity index (χ3n) is 4.43. The fourth-order valence-corrected chi connectivity index (χ4v) is 2.83. The first kappa shape index (κ1) is 23.6. The summed E-state index contributed by atoms with van der Waals surface area (Å²) in [5.74, 6) is -1.24. The lowest BCUT2D eigenvalue weighted by Crippen LogP contribution is -2.47. The second-order valence-electron chi connectivity index (χ2n) is 6.77. The van der Waals surface area contributed by atoms with E-state index in [9.17, 15) is 19.6 Å². The minimum atomic E-state index is -0.716. The number of carbonyl (C=O) groups excluding carboxylic acids is 3. The van der Waals surface area contributed by atoms with Crippen LogP contribution in [0.2, 0.25) is 0 Å². The Morgan fingerprint density at radius 1 is 1.14 bits per heavy atom. The second-order valence-corrected chi connectivity index (χ2v) is 6.77. The molecule has 0 saturated carbocycles. The van der Waals surface area contributed by atoms with Crippen LogP contribution in [0.1, 0.15) is 45.4 Å². The number of hydrogen-bond acceptors (Lipinski definition) is 5. The van der Waals surface area contributed by atoms with E-state index in [1.807, 2.05) is 25.1 Å². The van der Waals surface area contributed by atoms with Gasteiger partial charge in [0.2, 0.25) is 18.2 Å². The van der Waals surface area contributed by atoms with E-state index >= 15 is 0 Å². The Morgan fingerprint density at radius 2 is 1.86 bits per heavy atom. The third-order valence-corrected chi connectivity index (χ3v) is 4.43. The molecule has 1 aromatic rings. The van der Waals surface area contributed by atoms with Gasteiger partial charge >= 0.3 is 0 Å². The van der Waals surface area contributed by atoms with Crippen LogP contribution in [0.3, 0.4) is 0 Å². The highest BCUT2D eigenvalue weighted by molar-refractivity contribution is 5.97. The fraction of sp³-hybridized carbons (Fsp3) is 0.550. The van der Waals surface area contributed by atoms with Gasteiger partial charge in [0.05, 0.1) is 12.5 Å². The second kappa shape index (κ2) is 13.7. The highest BCUT2D eigenvalue weighted by atomic mass is 16.5. The molecule has 0 spiro atoms. The van der Waals surface area contributed by atoms with Gasteiger partial charge in [-0.25, -0.2) is 5.06 Å². The zero-order valence-corrected chi connectivity index (χ0v) is 16.5. The number of hydroxylamine groups is 2. The monoisotopic (exact) mass is 392 g/mol. The van der Waals surface area contributed by atoms with Crippen molar-refractivity contribution in [3.8, 4) is 0 Å². The highest BCUT2D eigenvalue weighted by Gasteiger charge is 2.26. The van der Waals surface area contributed by atoms with Crippen LogP contribution in [-0.4, -0.2) is 47.6 Å². The Kier molecular flexibility index (Phi) is 11.5. The number of nitrogens with two attached hydrogens (primary N) is 1.